The number of alkyl halides is 2. The summed E-state index contributed by atoms with van der Waals surface area (Å²) < 4.78 is 33.5. The lowest BCUT2D eigenvalue weighted by Gasteiger charge is -2.54. The number of nitrogens with one attached hydrogen (secondary N) is 1. The number of piperidine rings is 1. The number of hydrogen-bond acceptors (Lipinski definition) is 3. The normalized spacial score (nSPS) is 21.8. The molecule has 33 heavy (non-hydrogen) atoms. The van der Waals surface area contributed by atoms with E-state index in [1.807, 2.05) is 24.4 Å². The largest absolute Gasteiger partial charge is 0.496 e. The summed E-state index contributed by atoms with van der Waals surface area (Å²) in [6, 6.07) is 11.3. The standard InChI is InChI=1S/C26H29F2N3O2/c1-16-11-22(33-2)20(19-7-9-30-23(16)19)13-31-10-8-25(14-26(27,28)15-25)12-21(31)17-3-5-18(6-4-17)24(29)32/h3-7,9,11,21,30H,8,10,12-15H2,1-2H3,(H2,29,32)/t21-/m0/s1. The van der Waals surface area contributed by atoms with Crippen LogP contribution in [0.5, 0.6) is 5.75 Å². The Morgan fingerprint density at radius 3 is 2.61 bits per heavy atom. The fourth-order valence-corrected chi connectivity index (χ4v) is 5.92. The second-order valence-corrected chi connectivity index (χ2v) is 9.78. The monoisotopic (exact) mass is 453 g/mol. The number of hydrogen-bond donors (Lipinski definition) is 2. The van der Waals surface area contributed by atoms with Gasteiger partial charge >= 0.3 is 0 Å². The number of primary amides is 1. The van der Waals surface area contributed by atoms with Gasteiger partial charge in [-0.25, -0.2) is 8.78 Å². The van der Waals surface area contributed by atoms with Gasteiger partial charge in [0.2, 0.25) is 11.8 Å². The molecule has 1 aliphatic heterocycles. The highest BCUT2D eigenvalue weighted by Gasteiger charge is 2.58. The Morgan fingerprint density at radius 1 is 1.24 bits per heavy atom. The maximum Gasteiger partial charge on any atom is 0.249 e. The number of H-pyrrole nitrogens is 1. The van der Waals surface area contributed by atoms with Crippen molar-refractivity contribution in [1.29, 1.82) is 0 Å². The van der Waals surface area contributed by atoms with Crippen molar-refractivity contribution in [3.63, 3.8) is 0 Å². The number of nitrogens with zero attached hydrogens (tertiary/aromatic N) is 1. The average Bonchev–Trinajstić information content (AvgIpc) is 3.26. The number of amides is 1. The van der Waals surface area contributed by atoms with Gasteiger partial charge in [0.15, 0.2) is 0 Å². The molecule has 174 valence electrons. The van der Waals surface area contributed by atoms with Crippen molar-refractivity contribution >= 4 is 16.8 Å². The van der Waals surface area contributed by atoms with Crippen molar-refractivity contribution in [2.45, 2.75) is 51.1 Å². The first-order valence-corrected chi connectivity index (χ1v) is 11.4. The zero-order chi connectivity index (χ0) is 23.4. The Balaban J connectivity index is 1.50. The lowest BCUT2D eigenvalue weighted by atomic mass is 9.59. The molecular weight excluding hydrogens is 424 g/mol. The number of aryl methyl sites for hydroxylation is 1. The van der Waals surface area contributed by atoms with Gasteiger partial charge in [-0.15, -0.1) is 0 Å². The van der Waals surface area contributed by atoms with Crippen molar-refractivity contribution in [3.8, 4) is 5.75 Å². The SMILES string of the molecule is COc1cc(C)c2[nH]ccc2c1CN1CCC2(C[C@H]1c1ccc(C(N)=O)cc1)CC(F)(F)C2. The zero-order valence-corrected chi connectivity index (χ0v) is 19.0. The lowest BCUT2D eigenvalue weighted by molar-refractivity contribution is -0.186. The van der Waals surface area contributed by atoms with Crippen LogP contribution in [-0.2, 0) is 6.54 Å². The van der Waals surface area contributed by atoms with Gasteiger partial charge in [0.1, 0.15) is 5.75 Å². The van der Waals surface area contributed by atoms with E-state index in [1.165, 1.54) is 0 Å². The topological polar surface area (TPSA) is 71.3 Å². The molecule has 0 radical (unpaired) electrons. The molecule has 0 unspecified atom stereocenters. The highest BCUT2D eigenvalue weighted by atomic mass is 19.3. The molecule has 5 rings (SSSR count). The average molecular weight is 454 g/mol. The molecule has 1 saturated heterocycles. The number of ether oxygens (including phenoxy) is 1. The fourth-order valence-electron chi connectivity index (χ4n) is 5.92. The summed E-state index contributed by atoms with van der Waals surface area (Å²) in [7, 11) is 1.68. The molecule has 1 aromatic heterocycles. The summed E-state index contributed by atoms with van der Waals surface area (Å²) in [5.41, 5.74) is 9.84. The number of nitrogens with two attached hydrogens (primary N) is 1. The number of carbonyl (C=O) groups is 1. The van der Waals surface area contributed by atoms with Crippen molar-refractivity contribution in [2.24, 2.45) is 11.1 Å². The third-order valence-electron chi connectivity index (χ3n) is 7.54. The van der Waals surface area contributed by atoms with E-state index in [4.69, 9.17) is 10.5 Å². The van der Waals surface area contributed by atoms with Gasteiger partial charge < -0.3 is 15.5 Å². The van der Waals surface area contributed by atoms with Gasteiger partial charge in [0.25, 0.3) is 0 Å². The minimum absolute atomic E-state index is 0.0308. The zero-order valence-electron chi connectivity index (χ0n) is 19.0. The molecule has 3 aromatic rings. The molecule has 1 atom stereocenters. The molecule has 1 aliphatic carbocycles. The van der Waals surface area contributed by atoms with Crippen LogP contribution in [0, 0.1) is 12.3 Å². The summed E-state index contributed by atoms with van der Waals surface area (Å²) in [5, 5.41) is 1.12. The molecular formula is C26H29F2N3O2. The van der Waals surface area contributed by atoms with Crippen molar-refractivity contribution < 1.29 is 18.3 Å². The number of carbonyl (C=O) groups excluding carboxylic acids is 1. The fraction of sp³-hybridized carbons (Fsp3) is 0.423. The summed E-state index contributed by atoms with van der Waals surface area (Å²) in [5.74, 6) is -2.20. The third-order valence-corrected chi connectivity index (χ3v) is 7.54. The van der Waals surface area contributed by atoms with E-state index >= 15 is 0 Å². The molecule has 1 saturated carbocycles. The summed E-state index contributed by atoms with van der Waals surface area (Å²) in [4.78, 5) is 17.2. The second kappa shape index (κ2) is 7.83. The number of aromatic nitrogens is 1. The Bertz CT molecular complexity index is 1190. The first-order chi connectivity index (χ1) is 15.7. The maximum absolute atomic E-state index is 13.9. The molecule has 2 aromatic carbocycles. The molecule has 1 spiro atoms. The number of halogens is 2. The Hall–Kier alpha value is -2.93. The van der Waals surface area contributed by atoms with Gasteiger partial charge in [0.05, 0.1) is 7.11 Å². The van der Waals surface area contributed by atoms with E-state index in [0.717, 1.165) is 46.3 Å². The van der Waals surface area contributed by atoms with Crippen LogP contribution in [0.2, 0.25) is 0 Å². The van der Waals surface area contributed by atoms with E-state index in [9.17, 15) is 13.6 Å². The van der Waals surface area contributed by atoms with Crippen molar-refractivity contribution in [2.75, 3.05) is 13.7 Å². The molecule has 0 bridgehead atoms. The predicted octanol–water partition coefficient (Wildman–Crippen LogP) is 5.34. The van der Waals surface area contributed by atoms with E-state index in [-0.39, 0.29) is 24.3 Å². The quantitative estimate of drug-likeness (QED) is 0.548. The van der Waals surface area contributed by atoms with E-state index in [0.29, 0.717) is 18.5 Å². The second-order valence-electron chi connectivity index (χ2n) is 9.78. The van der Waals surface area contributed by atoms with Crippen molar-refractivity contribution in [1.82, 2.24) is 9.88 Å². The number of fused-ring (bicyclic) bond motifs is 1. The van der Waals surface area contributed by atoms with Crippen LogP contribution in [0.1, 0.15) is 58.8 Å². The van der Waals surface area contributed by atoms with Crippen LogP contribution in [0.3, 0.4) is 0 Å². The minimum Gasteiger partial charge on any atom is -0.496 e. The van der Waals surface area contributed by atoms with Gasteiger partial charge in [0, 0.05) is 53.7 Å². The number of benzene rings is 2. The first kappa shape index (κ1) is 21.9. The molecule has 3 N–H and O–H groups in total. The van der Waals surface area contributed by atoms with E-state index < -0.39 is 11.8 Å². The predicted molar refractivity (Wildman–Crippen MR) is 124 cm³/mol. The summed E-state index contributed by atoms with van der Waals surface area (Å²) >= 11 is 0. The molecule has 2 fully saturated rings. The Morgan fingerprint density at radius 2 is 1.97 bits per heavy atom. The van der Waals surface area contributed by atoms with E-state index in [1.54, 1.807) is 19.2 Å². The number of aromatic amines is 1. The highest BCUT2D eigenvalue weighted by Crippen LogP contribution is 2.60. The minimum atomic E-state index is -2.56. The number of rotatable bonds is 5. The van der Waals surface area contributed by atoms with Crippen LogP contribution in [-0.4, -0.2) is 35.4 Å². The number of methoxy groups -OCH3 is 1. The number of likely N-dealkylation sites (tertiary alicyclic amines) is 1. The first-order valence-electron chi connectivity index (χ1n) is 11.4. The Labute approximate surface area is 191 Å². The van der Waals surface area contributed by atoms with Crippen LogP contribution in [0.25, 0.3) is 10.9 Å². The van der Waals surface area contributed by atoms with Gasteiger partial charge in [-0.05, 0) is 67.1 Å². The van der Waals surface area contributed by atoms with Crippen LogP contribution >= 0.6 is 0 Å². The van der Waals surface area contributed by atoms with Gasteiger partial charge in [-0.1, -0.05) is 12.1 Å². The van der Waals surface area contributed by atoms with Crippen molar-refractivity contribution in [3.05, 3.63) is 64.8 Å². The maximum atomic E-state index is 13.9. The van der Waals surface area contributed by atoms with Crippen LogP contribution < -0.4 is 10.5 Å². The third kappa shape index (κ3) is 3.88. The highest BCUT2D eigenvalue weighted by molar-refractivity contribution is 5.92. The Kier molecular flexibility index (Phi) is 5.20. The molecule has 7 heteroatoms. The molecule has 2 aliphatic rings. The van der Waals surface area contributed by atoms with E-state index in [2.05, 4.69) is 22.9 Å². The lowest BCUT2D eigenvalue weighted by Crippen LogP contribution is -2.53. The summed E-state index contributed by atoms with van der Waals surface area (Å²) in [6.07, 6.45) is 3.27. The molecule has 1 amide bonds. The smallest absolute Gasteiger partial charge is 0.249 e. The van der Waals surface area contributed by atoms with Gasteiger partial charge in [-0.2, -0.15) is 0 Å². The molecule has 2 heterocycles. The van der Waals surface area contributed by atoms with Gasteiger partial charge in [-0.3, -0.25) is 9.69 Å². The van der Waals surface area contributed by atoms with Crippen LogP contribution in [0.15, 0.2) is 42.6 Å². The summed E-state index contributed by atoms with van der Waals surface area (Å²) in [6.45, 7) is 3.42. The van der Waals surface area contributed by atoms with Crippen LogP contribution in [0.4, 0.5) is 8.78 Å². The molecule has 5 nitrogen and oxygen atoms in total.